The molecule has 158 valence electrons. The summed E-state index contributed by atoms with van der Waals surface area (Å²) in [5, 5.41) is 4.43. The van der Waals surface area contributed by atoms with Gasteiger partial charge in [0.15, 0.2) is 5.16 Å². The fraction of sp³-hybridized carbons (Fsp3) is 0.682. The van der Waals surface area contributed by atoms with Crippen LogP contribution < -0.4 is 10.9 Å². The second kappa shape index (κ2) is 8.80. The van der Waals surface area contributed by atoms with E-state index >= 15 is 0 Å². The molecule has 0 bridgehead atoms. The van der Waals surface area contributed by atoms with Crippen molar-refractivity contribution >= 4 is 39.2 Å². The quantitative estimate of drug-likeness (QED) is 0.525. The lowest BCUT2D eigenvalue weighted by atomic mass is 9.95. The molecule has 5 nitrogen and oxygen atoms in total. The predicted octanol–water partition coefficient (Wildman–Crippen LogP) is 5.12. The van der Waals surface area contributed by atoms with Crippen molar-refractivity contribution < 1.29 is 4.79 Å². The standard InChI is InChI=1S/C22H31N3O2S2/c1-13-14(2)28-20-18(13)21(27)25(17-11-7-8-12-17)22(24-20)29-15(3)19(26)23-16-9-5-4-6-10-16/h15-17H,4-12H2,1-3H3,(H,23,26). The minimum Gasteiger partial charge on any atom is -0.352 e. The Labute approximate surface area is 180 Å². The SMILES string of the molecule is Cc1sc2nc(SC(C)C(=O)NC3CCCCC3)n(C3CCCC3)c(=O)c2c1C. The topological polar surface area (TPSA) is 64.0 Å². The van der Waals surface area contributed by atoms with Gasteiger partial charge >= 0.3 is 0 Å². The van der Waals surface area contributed by atoms with Crippen LogP contribution in [0.5, 0.6) is 0 Å². The number of nitrogens with one attached hydrogen (secondary N) is 1. The van der Waals surface area contributed by atoms with Gasteiger partial charge in [-0.15, -0.1) is 11.3 Å². The molecule has 0 aromatic carbocycles. The van der Waals surface area contributed by atoms with Crippen molar-refractivity contribution in [3.8, 4) is 0 Å². The summed E-state index contributed by atoms with van der Waals surface area (Å²) in [5.74, 6) is 0.0627. The number of thioether (sulfide) groups is 1. The third-order valence-electron chi connectivity index (χ3n) is 6.50. The average molecular weight is 434 g/mol. The fourth-order valence-corrected chi connectivity index (χ4v) is 6.69. The van der Waals surface area contributed by atoms with Crippen LogP contribution in [0.2, 0.25) is 0 Å². The van der Waals surface area contributed by atoms with Crippen LogP contribution >= 0.6 is 23.1 Å². The number of hydrogen-bond donors (Lipinski definition) is 1. The third kappa shape index (κ3) is 4.26. The Bertz CT molecular complexity index is 953. The van der Waals surface area contributed by atoms with E-state index in [0.717, 1.165) is 59.2 Å². The van der Waals surface area contributed by atoms with Crippen molar-refractivity contribution in [3.05, 3.63) is 20.8 Å². The maximum atomic E-state index is 13.5. The van der Waals surface area contributed by atoms with Crippen LogP contribution in [-0.4, -0.2) is 26.8 Å². The van der Waals surface area contributed by atoms with Crippen molar-refractivity contribution in [2.45, 2.75) is 101 Å². The van der Waals surface area contributed by atoms with Crippen LogP contribution in [0.25, 0.3) is 10.2 Å². The largest absolute Gasteiger partial charge is 0.352 e. The molecule has 29 heavy (non-hydrogen) atoms. The Morgan fingerprint density at radius 2 is 1.79 bits per heavy atom. The molecule has 2 fully saturated rings. The van der Waals surface area contributed by atoms with Crippen LogP contribution in [0.15, 0.2) is 9.95 Å². The Balaban J connectivity index is 1.63. The maximum Gasteiger partial charge on any atom is 0.263 e. The van der Waals surface area contributed by atoms with Crippen molar-refractivity contribution in [3.63, 3.8) is 0 Å². The number of hydrogen-bond acceptors (Lipinski definition) is 5. The minimum atomic E-state index is -0.268. The van der Waals surface area contributed by atoms with Gasteiger partial charge in [-0.2, -0.15) is 0 Å². The summed E-state index contributed by atoms with van der Waals surface area (Å²) < 4.78 is 1.91. The number of nitrogens with zero attached hydrogens (tertiary/aromatic N) is 2. The first kappa shape index (κ1) is 20.9. The summed E-state index contributed by atoms with van der Waals surface area (Å²) >= 11 is 3.03. The molecule has 0 spiro atoms. The highest BCUT2D eigenvalue weighted by Gasteiger charge is 2.27. The van der Waals surface area contributed by atoms with Crippen LogP contribution in [0, 0.1) is 13.8 Å². The van der Waals surface area contributed by atoms with Gasteiger partial charge < -0.3 is 5.32 Å². The van der Waals surface area contributed by atoms with Gasteiger partial charge in [-0.05, 0) is 52.0 Å². The molecule has 1 unspecified atom stereocenters. The van der Waals surface area contributed by atoms with E-state index < -0.39 is 0 Å². The third-order valence-corrected chi connectivity index (χ3v) is 8.66. The normalized spacial score (nSPS) is 19.7. The molecular formula is C22H31N3O2S2. The number of aryl methyl sites for hydroxylation is 2. The van der Waals surface area contributed by atoms with E-state index in [1.807, 2.05) is 25.3 Å². The van der Waals surface area contributed by atoms with Gasteiger partial charge in [-0.3, -0.25) is 14.2 Å². The zero-order valence-electron chi connectivity index (χ0n) is 17.6. The van der Waals surface area contributed by atoms with Gasteiger partial charge in [-0.25, -0.2) is 4.98 Å². The zero-order valence-corrected chi connectivity index (χ0v) is 19.3. The molecule has 1 N–H and O–H groups in total. The summed E-state index contributed by atoms with van der Waals surface area (Å²) in [6.07, 6.45) is 10.2. The summed E-state index contributed by atoms with van der Waals surface area (Å²) in [6.45, 7) is 6.00. The molecule has 1 atom stereocenters. The Morgan fingerprint density at radius 1 is 1.14 bits per heavy atom. The number of fused-ring (bicyclic) bond motifs is 1. The summed E-state index contributed by atoms with van der Waals surface area (Å²) in [5.41, 5.74) is 1.13. The number of thiophene rings is 1. The van der Waals surface area contributed by atoms with Gasteiger partial charge in [0.05, 0.1) is 10.6 Å². The Morgan fingerprint density at radius 3 is 2.48 bits per heavy atom. The molecule has 7 heteroatoms. The highest BCUT2D eigenvalue weighted by atomic mass is 32.2. The van der Waals surface area contributed by atoms with Gasteiger partial charge in [0.25, 0.3) is 5.56 Å². The summed E-state index contributed by atoms with van der Waals surface area (Å²) in [7, 11) is 0. The fourth-order valence-electron chi connectivity index (χ4n) is 4.63. The Kier molecular flexibility index (Phi) is 6.35. The van der Waals surface area contributed by atoms with Gasteiger partial charge in [-0.1, -0.05) is 43.9 Å². The lowest BCUT2D eigenvalue weighted by Gasteiger charge is -2.25. The highest BCUT2D eigenvalue weighted by Crippen LogP contribution is 2.35. The predicted molar refractivity (Wildman–Crippen MR) is 121 cm³/mol. The molecule has 2 saturated carbocycles. The number of carbonyl (C=O) groups is 1. The van der Waals surface area contributed by atoms with Crippen LogP contribution in [0.1, 0.15) is 81.2 Å². The monoisotopic (exact) mass is 433 g/mol. The number of carbonyl (C=O) groups excluding carboxylic acids is 1. The van der Waals surface area contributed by atoms with E-state index in [-0.39, 0.29) is 22.8 Å². The van der Waals surface area contributed by atoms with E-state index in [1.54, 1.807) is 11.3 Å². The first-order valence-corrected chi connectivity index (χ1v) is 12.6. The van der Waals surface area contributed by atoms with Gasteiger partial charge in [0.2, 0.25) is 5.91 Å². The van der Waals surface area contributed by atoms with Crippen LogP contribution in [0.3, 0.4) is 0 Å². The molecule has 2 heterocycles. The molecule has 2 aromatic rings. The van der Waals surface area contributed by atoms with E-state index in [0.29, 0.717) is 11.2 Å². The molecule has 1 amide bonds. The van der Waals surface area contributed by atoms with E-state index in [9.17, 15) is 9.59 Å². The van der Waals surface area contributed by atoms with Gasteiger partial charge in [0.1, 0.15) is 4.83 Å². The van der Waals surface area contributed by atoms with E-state index in [1.165, 1.54) is 31.0 Å². The van der Waals surface area contributed by atoms with Crippen LogP contribution in [-0.2, 0) is 4.79 Å². The second-order valence-electron chi connectivity index (χ2n) is 8.57. The van der Waals surface area contributed by atoms with Gasteiger partial charge in [0, 0.05) is 17.0 Å². The van der Waals surface area contributed by atoms with Crippen molar-refractivity contribution in [2.75, 3.05) is 0 Å². The first-order chi connectivity index (χ1) is 14.0. The zero-order chi connectivity index (χ0) is 20.5. The lowest BCUT2D eigenvalue weighted by molar-refractivity contribution is -0.121. The molecule has 0 aliphatic heterocycles. The molecular weight excluding hydrogens is 402 g/mol. The number of rotatable bonds is 5. The van der Waals surface area contributed by atoms with E-state index in [2.05, 4.69) is 5.32 Å². The first-order valence-electron chi connectivity index (χ1n) is 10.9. The number of aromatic nitrogens is 2. The maximum absolute atomic E-state index is 13.5. The van der Waals surface area contributed by atoms with Crippen molar-refractivity contribution in [1.29, 1.82) is 0 Å². The van der Waals surface area contributed by atoms with Crippen LogP contribution in [0.4, 0.5) is 0 Å². The molecule has 4 rings (SSSR count). The molecule has 0 saturated heterocycles. The highest BCUT2D eigenvalue weighted by molar-refractivity contribution is 8.00. The van der Waals surface area contributed by atoms with Crippen molar-refractivity contribution in [2.24, 2.45) is 0 Å². The minimum absolute atomic E-state index is 0.0627. The van der Waals surface area contributed by atoms with E-state index in [4.69, 9.17) is 4.98 Å². The Hall–Kier alpha value is -1.34. The molecule has 2 aliphatic rings. The lowest BCUT2D eigenvalue weighted by Crippen LogP contribution is -2.40. The molecule has 2 aliphatic carbocycles. The summed E-state index contributed by atoms with van der Waals surface area (Å²) in [6, 6.07) is 0.504. The number of amides is 1. The molecule has 0 radical (unpaired) electrons. The van der Waals surface area contributed by atoms with Crippen molar-refractivity contribution in [1.82, 2.24) is 14.9 Å². The summed E-state index contributed by atoms with van der Waals surface area (Å²) in [4.78, 5) is 33.1. The molecule has 2 aromatic heterocycles. The average Bonchev–Trinajstić information content (AvgIpc) is 3.31. The second-order valence-corrected chi connectivity index (χ2v) is 11.1. The smallest absolute Gasteiger partial charge is 0.263 e.